The highest BCUT2D eigenvalue weighted by molar-refractivity contribution is 5.98. The third-order valence-electron chi connectivity index (χ3n) is 3.27. The highest BCUT2D eigenvalue weighted by Crippen LogP contribution is 2.24. The van der Waals surface area contributed by atoms with Gasteiger partial charge >= 0.3 is 5.97 Å². The van der Waals surface area contributed by atoms with Crippen molar-refractivity contribution in [2.75, 3.05) is 13.2 Å². The van der Waals surface area contributed by atoms with E-state index >= 15 is 0 Å². The SMILES string of the molecule is CC(=O)OCCC1=C[C@@H](OC2CCCCO2)CC1=O. The minimum atomic E-state index is -0.325. The summed E-state index contributed by atoms with van der Waals surface area (Å²) < 4.78 is 16.1. The maximum absolute atomic E-state index is 11.8. The second-order valence-corrected chi connectivity index (χ2v) is 4.88. The van der Waals surface area contributed by atoms with Gasteiger partial charge in [-0.15, -0.1) is 0 Å². The van der Waals surface area contributed by atoms with Crippen LogP contribution in [0.25, 0.3) is 0 Å². The van der Waals surface area contributed by atoms with Crippen LogP contribution in [0.5, 0.6) is 0 Å². The van der Waals surface area contributed by atoms with Crippen LogP contribution in [0.3, 0.4) is 0 Å². The maximum Gasteiger partial charge on any atom is 0.302 e. The Bertz CT molecular complexity index is 368. The zero-order valence-electron chi connectivity index (χ0n) is 11.2. The highest BCUT2D eigenvalue weighted by Gasteiger charge is 2.27. The van der Waals surface area contributed by atoms with Crippen molar-refractivity contribution in [2.45, 2.75) is 51.4 Å². The molecule has 1 saturated heterocycles. The quantitative estimate of drug-likeness (QED) is 0.711. The molecule has 0 N–H and O–H groups in total. The van der Waals surface area contributed by atoms with Crippen LogP contribution in [-0.4, -0.2) is 37.4 Å². The van der Waals surface area contributed by atoms with Crippen molar-refractivity contribution < 1.29 is 23.8 Å². The van der Waals surface area contributed by atoms with E-state index in [1.165, 1.54) is 6.92 Å². The molecular formula is C14H20O5. The van der Waals surface area contributed by atoms with Crippen molar-refractivity contribution in [1.82, 2.24) is 0 Å². The van der Waals surface area contributed by atoms with Crippen LogP contribution in [0.2, 0.25) is 0 Å². The number of rotatable bonds is 5. The normalized spacial score (nSPS) is 27.2. The van der Waals surface area contributed by atoms with Crippen LogP contribution in [0, 0.1) is 0 Å². The Kier molecular flexibility index (Phi) is 5.10. The van der Waals surface area contributed by atoms with Crippen LogP contribution in [0.15, 0.2) is 11.6 Å². The highest BCUT2D eigenvalue weighted by atomic mass is 16.7. The van der Waals surface area contributed by atoms with Gasteiger partial charge in [0.25, 0.3) is 0 Å². The van der Waals surface area contributed by atoms with Gasteiger partial charge in [0.15, 0.2) is 12.1 Å². The van der Waals surface area contributed by atoms with Crippen LogP contribution < -0.4 is 0 Å². The van der Waals surface area contributed by atoms with Crippen molar-refractivity contribution >= 4 is 11.8 Å². The Morgan fingerprint density at radius 2 is 2.32 bits per heavy atom. The summed E-state index contributed by atoms with van der Waals surface area (Å²) in [6.45, 7) is 2.34. The van der Waals surface area contributed by atoms with Gasteiger partial charge in [0, 0.05) is 26.4 Å². The van der Waals surface area contributed by atoms with Crippen molar-refractivity contribution in [3.8, 4) is 0 Å². The van der Waals surface area contributed by atoms with E-state index < -0.39 is 0 Å². The molecule has 1 unspecified atom stereocenters. The van der Waals surface area contributed by atoms with Crippen molar-refractivity contribution in [3.05, 3.63) is 11.6 Å². The smallest absolute Gasteiger partial charge is 0.302 e. The van der Waals surface area contributed by atoms with Crippen LogP contribution in [-0.2, 0) is 23.8 Å². The maximum atomic E-state index is 11.8. The summed E-state index contributed by atoms with van der Waals surface area (Å²) in [7, 11) is 0. The molecule has 2 atom stereocenters. The Hall–Kier alpha value is -1.20. The molecule has 0 saturated carbocycles. The topological polar surface area (TPSA) is 61.8 Å². The number of carbonyl (C=O) groups excluding carboxylic acids is 2. The van der Waals surface area contributed by atoms with Gasteiger partial charge in [0.05, 0.1) is 12.7 Å². The third-order valence-corrected chi connectivity index (χ3v) is 3.27. The van der Waals surface area contributed by atoms with E-state index in [-0.39, 0.29) is 30.8 Å². The predicted octanol–water partition coefficient (Wildman–Crippen LogP) is 1.75. The molecule has 1 heterocycles. The summed E-state index contributed by atoms with van der Waals surface area (Å²) in [5.41, 5.74) is 0.696. The monoisotopic (exact) mass is 268 g/mol. The molecule has 1 aliphatic carbocycles. The lowest BCUT2D eigenvalue weighted by atomic mass is 10.1. The third kappa shape index (κ3) is 4.44. The van der Waals surface area contributed by atoms with E-state index in [4.69, 9.17) is 14.2 Å². The van der Waals surface area contributed by atoms with Gasteiger partial charge in [-0.3, -0.25) is 9.59 Å². The summed E-state index contributed by atoms with van der Waals surface area (Å²) in [5.74, 6) is -0.248. The number of ether oxygens (including phenoxy) is 3. The molecule has 1 fully saturated rings. The van der Waals surface area contributed by atoms with Crippen molar-refractivity contribution in [1.29, 1.82) is 0 Å². The lowest BCUT2D eigenvalue weighted by Gasteiger charge is -2.24. The number of hydrogen-bond donors (Lipinski definition) is 0. The van der Waals surface area contributed by atoms with Gasteiger partial charge < -0.3 is 14.2 Å². The summed E-state index contributed by atoms with van der Waals surface area (Å²) in [5, 5.41) is 0. The van der Waals surface area contributed by atoms with Crippen LogP contribution in [0.4, 0.5) is 0 Å². The zero-order chi connectivity index (χ0) is 13.7. The minimum Gasteiger partial charge on any atom is -0.466 e. The largest absolute Gasteiger partial charge is 0.466 e. The van der Waals surface area contributed by atoms with Gasteiger partial charge in [0.2, 0.25) is 0 Å². The molecule has 0 bridgehead atoms. The molecule has 0 radical (unpaired) electrons. The number of Topliss-reactive ketones (excluding diaryl/α,β-unsaturated/α-hetero) is 1. The molecule has 0 spiro atoms. The summed E-state index contributed by atoms with van der Waals surface area (Å²) in [4.78, 5) is 22.4. The van der Waals surface area contributed by atoms with E-state index in [0.29, 0.717) is 18.4 Å². The number of carbonyl (C=O) groups is 2. The molecule has 0 aromatic carbocycles. The molecule has 5 heteroatoms. The standard InChI is InChI=1S/C14H20O5/c1-10(15)17-7-5-11-8-12(9-13(11)16)19-14-4-2-3-6-18-14/h8,12,14H,2-7,9H2,1H3/t12-,14?/m1/s1. The fourth-order valence-corrected chi connectivity index (χ4v) is 2.32. The fraction of sp³-hybridized carbons (Fsp3) is 0.714. The van der Waals surface area contributed by atoms with Crippen LogP contribution in [0.1, 0.15) is 39.0 Å². The van der Waals surface area contributed by atoms with E-state index in [9.17, 15) is 9.59 Å². The second-order valence-electron chi connectivity index (χ2n) is 4.88. The van der Waals surface area contributed by atoms with Gasteiger partial charge in [-0.05, 0) is 30.9 Å². The zero-order valence-corrected chi connectivity index (χ0v) is 11.2. The second kappa shape index (κ2) is 6.82. The molecule has 2 aliphatic rings. The molecule has 19 heavy (non-hydrogen) atoms. The molecular weight excluding hydrogens is 248 g/mol. The van der Waals surface area contributed by atoms with E-state index in [1.807, 2.05) is 6.08 Å². The molecule has 5 nitrogen and oxygen atoms in total. The Morgan fingerprint density at radius 1 is 1.47 bits per heavy atom. The molecule has 0 aromatic rings. The van der Waals surface area contributed by atoms with Gasteiger partial charge in [-0.25, -0.2) is 0 Å². The minimum absolute atomic E-state index is 0.0768. The first-order valence-electron chi connectivity index (χ1n) is 6.79. The van der Waals surface area contributed by atoms with Crippen LogP contribution >= 0.6 is 0 Å². The van der Waals surface area contributed by atoms with E-state index in [1.54, 1.807) is 0 Å². The summed E-state index contributed by atoms with van der Waals surface area (Å²) >= 11 is 0. The number of esters is 1. The number of hydrogen-bond acceptors (Lipinski definition) is 5. The van der Waals surface area contributed by atoms with Gasteiger partial charge in [0.1, 0.15) is 0 Å². The number of ketones is 1. The first-order chi connectivity index (χ1) is 9.15. The predicted molar refractivity (Wildman–Crippen MR) is 67.4 cm³/mol. The molecule has 0 amide bonds. The van der Waals surface area contributed by atoms with Gasteiger partial charge in [-0.2, -0.15) is 0 Å². The van der Waals surface area contributed by atoms with Crippen molar-refractivity contribution in [3.63, 3.8) is 0 Å². The first-order valence-corrected chi connectivity index (χ1v) is 6.79. The fourth-order valence-electron chi connectivity index (χ4n) is 2.32. The molecule has 1 aliphatic heterocycles. The molecule has 2 rings (SSSR count). The molecule has 106 valence electrons. The summed E-state index contributed by atoms with van der Waals surface area (Å²) in [6, 6.07) is 0. The van der Waals surface area contributed by atoms with E-state index in [0.717, 1.165) is 25.9 Å². The Balaban J connectivity index is 1.78. The average Bonchev–Trinajstić information content (AvgIpc) is 2.70. The summed E-state index contributed by atoms with van der Waals surface area (Å²) in [6.07, 6.45) is 5.37. The molecule has 0 aromatic heterocycles. The van der Waals surface area contributed by atoms with Gasteiger partial charge in [-0.1, -0.05) is 0 Å². The van der Waals surface area contributed by atoms with E-state index in [2.05, 4.69) is 0 Å². The Morgan fingerprint density at radius 3 is 3.00 bits per heavy atom. The lowest BCUT2D eigenvalue weighted by molar-refractivity contribution is -0.178. The average molecular weight is 268 g/mol. The Labute approximate surface area is 112 Å². The van der Waals surface area contributed by atoms with Crippen molar-refractivity contribution in [2.24, 2.45) is 0 Å². The lowest BCUT2D eigenvalue weighted by Crippen LogP contribution is -2.26. The first kappa shape index (κ1) is 14.2.